The lowest BCUT2D eigenvalue weighted by atomic mass is 10.1. The molecule has 1 aromatic carbocycles. The van der Waals surface area contributed by atoms with Crippen LogP contribution in [-0.2, 0) is 0 Å². The fourth-order valence-corrected chi connectivity index (χ4v) is 3.35. The average Bonchev–Trinajstić information content (AvgIpc) is 3.11. The van der Waals surface area contributed by atoms with Crippen LogP contribution in [0.15, 0.2) is 62.3 Å². The van der Waals surface area contributed by atoms with Crippen molar-refractivity contribution in [3.63, 3.8) is 0 Å². The van der Waals surface area contributed by atoms with Crippen molar-refractivity contribution in [3.05, 3.63) is 69.1 Å². The Kier molecular flexibility index (Phi) is 4.46. The van der Waals surface area contributed by atoms with E-state index in [0.717, 1.165) is 9.86 Å². The number of hydrogen-bond donors (Lipinski definition) is 0. The molecule has 26 heavy (non-hydrogen) atoms. The lowest BCUT2D eigenvalue weighted by Crippen LogP contribution is -2.33. The molecule has 0 aliphatic carbocycles. The zero-order valence-electron chi connectivity index (χ0n) is 13.7. The normalized spacial score (nSPS) is 16.8. The third kappa shape index (κ3) is 3.22. The zero-order valence-corrected chi connectivity index (χ0v) is 15.3. The number of carbonyl (C=O) groups excluding carboxylic acids is 1. The van der Waals surface area contributed by atoms with Crippen molar-refractivity contribution < 1.29 is 13.9 Å². The van der Waals surface area contributed by atoms with Gasteiger partial charge >= 0.3 is 5.63 Å². The standard InChI is InChI=1S/C19H15BrN2O4/c20-15-5-3-8-21-17(15)25-13-7-9-22(11-13)18(23)14-10-12-4-1-2-6-16(12)26-19(14)24/h1-6,8,10,13H,7,9,11H2. The van der Waals surface area contributed by atoms with Crippen LogP contribution in [0.25, 0.3) is 11.0 Å². The summed E-state index contributed by atoms with van der Waals surface area (Å²) in [5.74, 6) is 0.160. The van der Waals surface area contributed by atoms with E-state index in [1.165, 1.54) is 0 Å². The van der Waals surface area contributed by atoms with Gasteiger partial charge in [-0.25, -0.2) is 9.78 Å². The molecule has 1 unspecified atom stereocenters. The van der Waals surface area contributed by atoms with Crippen LogP contribution in [0.2, 0.25) is 0 Å². The molecule has 0 saturated carbocycles. The first-order chi connectivity index (χ1) is 12.6. The Morgan fingerprint density at radius 3 is 2.96 bits per heavy atom. The van der Waals surface area contributed by atoms with E-state index in [1.54, 1.807) is 35.4 Å². The van der Waals surface area contributed by atoms with Crippen LogP contribution < -0.4 is 10.4 Å². The highest BCUT2D eigenvalue weighted by Gasteiger charge is 2.30. The molecular formula is C19H15BrN2O4. The predicted molar refractivity (Wildman–Crippen MR) is 99.4 cm³/mol. The Hall–Kier alpha value is -2.67. The lowest BCUT2D eigenvalue weighted by Gasteiger charge is -2.17. The summed E-state index contributed by atoms with van der Waals surface area (Å²) in [7, 11) is 0. The maximum Gasteiger partial charge on any atom is 0.349 e. The molecule has 1 fully saturated rings. The fraction of sp³-hybridized carbons (Fsp3) is 0.211. The van der Waals surface area contributed by atoms with Crippen LogP contribution in [0.3, 0.4) is 0 Å². The topological polar surface area (TPSA) is 72.6 Å². The van der Waals surface area contributed by atoms with Crippen LogP contribution in [0.5, 0.6) is 5.88 Å². The number of rotatable bonds is 3. The largest absolute Gasteiger partial charge is 0.472 e. The number of nitrogens with zero attached hydrogens (tertiary/aromatic N) is 2. The van der Waals surface area contributed by atoms with Gasteiger partial charge in [-0.15, -0.1) is 0 Å². The van der Waals surface area contributed by atoms with Gasteiger partial charge in [0.2, 0.25) is 5.88 Å². The van der Waals surface area contributed by atoms with E-state index in [0.29, 0.717) is 31.0 Å². The van der Waals surface area contributed by atoms with Crippen molar-refractivity contribution in [2.24, 2.45) is 0 Å². The van der Waals surface area contributed by atoms with Crippen LogP contribution in [-0.4, -0.2) is 35.0 Å². The summed E-state index contributed by atoms with van der Waals surface area (Å²) in [6, 6.07) is 12.4. The van der Waals surface area contributed by atoms with E-state index in [-0.39, 0.29) is 17.6 Å². The Morgan fingerprint density at radius 1 is 1.27 bits per heavy atom. The van der Waals surface area contributed by atoms with E-state index in [1.807, 2.05) is 18.2 Å². The first kappa shape index (κ1) is 16.8. The number of carbonyl (C=O) groups is 1. The van der Waals surface area contributed by atoms with Gasteiger partial charge in [-0.2, -0.15) is 0 Å². The Labute approximate surface area is 157 Å². The molecular weight excluding hydrogens is 400 g/mol. The number of pyridine rings is 1. The van der Waals surface area contributed by atoms with E-state index in [4.69, 9.17) is 9.15 Å². The molecule has 6 nitrogen and oxygen atoms in total. The summed E-state index contributed by atoms with van der Waals surface area (Å²) in [4.78, 5) is 30.7. The van der Waals surface area contributed by atoms with Crippen molar-refractivity contribution in [2.45, 2.75) is 12.5 Å². The first-order valence-corrected chi connectivity index (χ1v) is 9.00. The Bertz CT molecular complexity index is 1030. The number of halogens is 1. The lowest BCUT2D eigenvalue weighted by molar-refractivity contribution is 0.0767. The van der Waals surface area contributed by atoms with Crippen molar-refractivity contribution >= 4 is 32.8 Å². The quantitative estimate of drug-likeness (QED) is 0.615. The SMILES string of the molecule is O=C(c1cc2ccccc2oc1=O)N1CCC(Oc2ncccc2Br)C1. The molecule has 2 aromatic heterocycles. The molecule has 1 aliphatic rings. The molecule has 7 heteroatoms. The molecule has 132 valence electrons. The van der Waals surface area contributed by atoms with Gasteiger partial charge < -0.3 is 14.1 Å². The molecule has 1 aliphatic heterocycles. The number of para-hydroxylation sites is 1. The third-order valence-electron chi connectivity index (χ3n) is 4.31. The molecule has 0 radical (unpaired) electrons. The zero-order chi connectivity index (χ0) is 18.1. The maximum absolute atomic E-state index is 12.8. The number of ether oxygens (including phenoxy) is 1. The fourth-order valence-electron chi connectivity index (χ4n) is 3.01. The van der Waals surface area contributed by atoms with Gasteiger partial charge in [0.05, 0.1) is 11.0 Å². The summed E-state index contributed by atoms with van der Waals surface area (Å²) in [6.45, 7) is 0.911. The second kappa shape index (κ2) is 6.92. The third-order valence-corrected chi connectivity index (χ3v) is 4.91. The van der Waals surface area contributed by atoms with Gasteiger partial charge in [-0.05, 0) is 40.2 Å². The van der Waals surface area contributed by atoms with E-state index >= 15 is 0 Å². The molecule has 3 heterocycles. The van der Waals surface area contributed by atoms with Gasteiger partial charge in [-0.1, -0.05) is 18.2 Å². The molecule has 1 amide bonds. The number of benzene rings is 1. The molecule has 3 aromatic rings. The van der Waals surface area contributed by atoms with Crippen molar-refractivity contribution in [2.75, 3.05) is 13.1 Å². The highest BCUT2D eigenvalue weighted by molar-refractivity contribution is 9.10. The predicted octanol–water partition coefficient (Wildman–Crippen LogP) is 3.24. The van der Waals surface area contributed by atoms with Crippen molar-refractivity contribution in [3.8, 4) is 5.88 Å². The molecule has 0 spiro atoms. The van der Waals surface area contributed by atoms with Gasteiger partial charge in [0.25, 0.3) is 5.91 Å². The maximum atomic E-state index is 12.8. The number of aromatic nitrogens is 1. The number of likely N-dealkylation sites (tertiary alicyclic amines) is 1. The number of fused-ring (bicyclic) bond motifs is 1. The molecule has 1 saturated heterocycles. The monoisotopic (exact) mass is 414 g/mol. The summed E-state index contributed by atoms with van der Waals surface area (Å²) >= 11 is 3.40. The Balaban J connectivity index is 1.52. The van der Waals surface area contributed by atoms with Crippen LogP contribution in [0, 0.1) is 0 Å². The van der Waals surface area contributed by atoms with Crippen LogP contribution in [0.4, 0.5) is 0 Å². The molecule has 0 N–H and O–H groups in total. The second-order valence-electron chi connectivity index (χ2n) is 6.06. The smallest absolute Gasteiger partial charge is 0.349 e. The minimum atomic E-state index is -0.620. The summed E-state index contributed by atoms with van der Waals surface area (Å²) in [5, 5.41) is 0.722. The van der Waals surface area contributed by atoms with Gasteiger partial charge in [0, 0.05) is 24.5 Å². The van der Waals surface area contributed by atoms with E-state index < -0.39 is 5.63 Å². The van der Waals surface area contributed by atoms with Gasteiger partial charge in [0.1, 0.15) is 17.3 Å². The average molecular weight is 415 g/mol. The number of amides is 1. The minimum Gasteiger partial charge on any atom is -0.472 e. The van der Waals surface area contributed by atoms with Gasteiger partial charge in [0.15, 0.2) is 0 Å². The number of hydrogen-bond acceptors (Lipinski definition) is 5. The molecule has 4 rings (SSSR count). The van der Waals surface area contributed by atoms with Gasteiger partial charge in [-0.3, -0.25) is 4.79 Å². The van der Waals surface area contributed by atoms with Crippen LogP contribution in [0.1, 0.15) is 16.8 Å². The van der Waals surface area contributed by atoms with Crippen molar-refractivity contribution in [1.82, 2.24) is 9.88 Å². The molecule has 1 atom stereocenters. The summed E-state index contributed by atoms with van der Waals surface area (Å²) in [5.41, 5.74) is -0.106. The Morgan fingerprint density at radius 2 is 2.12 bits per heavy atom. The second-order valence-corrected chi connectivity index (χ2v) is 6.91. The first-order valence-electron chi connectivity index (χ1n) is 8.21. The van der Waals surface area contributed by atoms with E-state index in [2.05, 4.69) is 20.9 Å². The highest BCUT2D eigenvalue weighted by atomic mass is 79.9. The van der Waals surface area contributed by atoms with E-state index in [9.17, 15) is 9.59 Å². The summed E-state index contributed by atoms with van der Waals surface area (Å²) < 4.78 is 11.9. The highest BCUT2D eigenvalue weighted by Crippen LogP contribution is 2.25. The summed E-state index contributed by atoms with van der Waals surface area (Å²) in [6.07, 6.45) is 2.16. The van der Waals surface area contributed by atoms with Crippen LogP contribution >= 0.6 is 15.9 Å². The molecule has 0 bridgehead atoms. The van der Waals surface area contributed by atoms with Crippen molar-refractivity contribution in [1.29, 1.82) is 0 Å². The minimum absolute atomic E-state index is 0.0448.